The average Bonchev–Trinajstić information content (AvgIpc) is 2.93. The van der Waals surface area contributed by atoms with Crippen molar-refractivity contribution in [3.63, 3.8) is 0 Å². The van der Waals surface area contributed by atoms with Crippen molar-refractivity contribution in [2.24, 2.45) is 5.73 Å². The Morgan fingerprint density at radius 3 is 2.42 bits per heavy atom. The number of halogens is 3. The van der Waals surface area contributed by atoms with E-state index in [0.717, 1.165) is 24.1 Å². The Kier molecular flexibility index (Phi) is 6.18. The van der Waals surface area contributed by atoms with Crippen LogP contribution in [0.2, 0.25) is 0 Å². The number of carbonyl (C=O) groups is 1. The Morgan fingerprint density at radius 2 is 1.92 bits per heavy atom. The highest BCUT2D eigenvalue weighted by Gasteiger charge is 2.32. The van der Waals surface area contributed by atoms with Crippen molar-refractivity contribution >= 4 is 6.09 Å². The second-order valence-corrected chi connectivity index (χ2v) is 7.50. The van der Waals surface area contributed by atoms with Gasteiger partial charge in [0.2, 0.25) is 0 Å². The van der Waals surface area contributed by atoms with Crippen LogP contribution >= 0.6 is 0 Å². The molecule has 1 heterocycles. The molecule has 1 aliphatic heterocycles. The van der Waals surface area contributed by atoms with Crippen LogP contribution in [0.5, 0.6) is 0 Å². The van der Waals surface area contributed by atoms with E-state index in [9.17, 15) is 18.0 Å². The van der Waals surface area contributed by atoms with Crippen molar-refractivity contribution in [1.29, 1.82) is 0 Å². The maximum Gasteiger partial charge on any atom is 0.416 e. The fraction of sp³-hybridized carbons (Fsp3) is 0.611. The molecule has 8 heteroatoms. The molecule has 1 fully saturated rings. The molecule has 2 atom stereocenters. The normalized spacial score (nSPS) is 20.0. The number of ether oxygens (including phenoxy) is 1. The van der Waals surface area contributed by atoms with E-state index in [1.165, 1.54) is 12.1 Å². The first-order valence-corrected chi connectivity index (χ1v) is 8.60. The van der Waals surface area contributed by atoms with Crippen LogP contribution in [0, 0.1) is 0 Å². The molecule has 0 spiro atoms. The number of hydrogen-bond acceptors (Lipinski definition) is 4. The van der Waals surface area contributed by atoms with Gasteiger partial charge in [-0.05, 0) is 44.9 Å². The third-order valence-electron chi connectivity index (χ3n) is 4.23. The van der Waals surface area contributed by atoms with E-state index in [2.05, 4.69) is 10.2 Å². The number of alkyl carbamates (subject to hydrolysis) is 1. The zero-order chi connectivity index (χ0) is 19.5. The molecule has 26 heavy (non-hydrogen) atoms. The van der Waals surface area contributed by atoms with E-state index >= 15 is 0 Å². The molecular formula is C18H26F3N3O2. The molecule has 1 aromatic rings. The molecule has 3 N–H and O–H groups in total. The summed E-state index contributed by atoms with van der Waals surface area (Å²) in [6, 6.07) is 4.81. The van der Waals surface area contributed by atoms with E-state index in [0.29, 0.717) is 13.1 Å². The van der Waals surface area contributed by atoms with Gasteiger partial charge < -0.3 is 15.8 Å². The van der Waals surface area contributed by atoms with Gasteiger partial charge >= 0.3 is 12.3 Å². The maximum absolute atomic E-state index is 12.7. The van der Waals surface area contributed by atoms with Gasteiger partial charge in [-0.2, -0.15) is 13.2 Å². The fourth-order valence-corrected chi connectivity index (χ4v) is 3.05. The Bertz CT molecular complexity index is 612. The summed E-state index contributed by atoms with van der Waals surface area (Å²) >= 11 is 0. The standard InChI is InChI=1S/C18H26F3N3O2/c1-17(2,3)26-16(25)23-14-8-9-24(11-14)15(10-22)12-4-6-13(7-5-12)18(19,20)21/h4-7,14-15H,8-11,22H2,1-3H3,(H,23,25)/t14-,15+/m0/s1. The van der Waals surface area contributed by atoms with E-state index in [1.807, 2.05) is 0 Å². The first-order valence-electron chi connectivity index (χ1n) is 8.60. The molecule has 0 unspecified atom stereocenters. The highest BCUT2D eigenvalue weighted by molar-refractivity contribution is 5.68. The van der Waals surface area contributed by atoms with Crippen molar-refractivity contribution < 1.29 is 22.7 Å². The van der Waals surface area contributed by atoms with Gasteiger partial charge in [-0.1, -0.05) is 12.1 Å². The molecule has 1 aliphatic rings. The summed E-state index contributed by atoms with van der Waals surface area (Å²) in [7, 11) is 0. The van der Waals surface area contributed by atoms with E-state index < -0.39 is 23.4 Å². The molecule has 0 aromatic heterocycles. The summed E-state index contributed by atoms with van der Waals surface area (Å²) in [5.74, 6) is 0. The lowest BCUT2D eigenvalue weighted by atomic mass is 10.0. The summed E-state index contributed by atoms with van der Waals surface area (Å²) in [6.45, 7) is 6.93. The molecule has 1 amide bonds. The third kappa shape index (κ3) is 5.60. The summed E-state index contributed by atoms with van der Waals surface area (Å²) in [4.78, 5) is 14.0. The van der Waals surface area contributed by atoms with Crippen LogP contribution in [-0.4, -0.2) is 42.3 Å². The van der Waals surface area contributed by atoms with Gasteiger partial charge in [0, 0.05) is 31.7 Å². The van der Waals surface area contributed by atoms with E-state index in [-0.39, 0.29) is 18.6 Å². The summed E-state index contributed by atoms with van der Waals surface area (Å²) in [5.41, 5.74) is 5.35. The highest BCUT2D eigenvalue weighted by Crippen LogP contribution is 2.31. The Labute approximate surface area is 151 Å². The minimum atomic E-state index is -4.35. The minimum absolute atomic E-state index is 0.0756. The largest absolute Gasteiger partial charge is 0.444 e. The second kappa shape index (κ2) is 7.84. The van der Waals surface area contributed by atoms with Gasteiger partial charge in [0.15, 0.2) is 0 Å². The summed E-state index contributed by atoms with van der Waals surface area (Å²) in [6.07, 6.45) is -4.09. The monoisotopic (exact) mass is 373 g/mol. The molecule has 2 rings (SSSR count). The van der Waals surface area contributed by atoms with E-state index in [1.54, 1.807) is 20.8 Å². The predicted octanol–water partition coefficient (Wildman–Crippen LogP) is 3.30. The smallest absolute Gasteiger partial charge is 0.416 e. The zero-order valence-corrected chi connectivity index (χ0v) is 15.3. The van der Waals surface area contributed by atoms with Crippen molar-refractivity contribution in [2.75, 3.05) is 19.6 Å². The molecule has 0 aliphatic carbocycles. The molecule has 1 aromatic carbocycles. The number of nitrogens with two attached hydrogens (primary N) is 1. The first-order chi connectivity index (χ1) is 12.0. The van der Waals surface area contributed by atoms with Crippen LogP contribution in [0.3, 0.4) is 0 Å². The van der Waals surface area contributed by atoms with Crippen LogP contribution in [0.25, 0.3) is 0 Å². The van der Waals surface area contributed by atoms with Crippen molar-refractivity contribution in [3.05, 3.63) is 35.4 Å². The van der Waals surface area contributed by atoms with Gasteiger partial charge in [-0.25, -0.2) is 4.79 Å². The quantitative estimate of drug-likeness (QED) is 0.850. The third-order valence-corrected chi connectivity index (χ3v) is 4.23. The SMILES string of the molecule is CC(C)(C)OC(=O)N[C@H]1CCN([C@H](CN)c2ccc(C(F)(F)F)cc2)C1. The summed E-state index contributed by atoms with van der Waals surface area (Å²) in [5, 5.41) is 2.83. The van der Waals surface area contributed by atoms with Gasteiger partial charge in [-0.3, -0.25) is 4.90 Å². The summed E-state index contributed by atoms with van der Waals surface area (Å²) < 4.78 is 43.4. The number of nitrogens with one attached hydrogen (secondary N) is 1. The van der Waals surface area contributed by atoms with Crippen molar-refractivity contribution in [3.8, 4) is 0 Å². The molecule has 0 bridgehead atoms. The topological polar surface area (TPSA) is 67.6 Å². The van der Waals surface area contributed by atoms with Crippen LogP contribution in [0.15, 0.2) is 24.3 Å². The van der Waals surface area contributed by atoms with Gasteiger partial charge in [0.1, 0.15) is 5.60 Å². The number of alkyl halides is 3. The van der Waals surface area contributed by atoms with Crippen LogP contribution < -0.4 is 11.1 Å². The lowest BCUT2D eigenvalue weighted by Crippen LogP contribution is -2.41. The van der Waals surface area contributed by atoms with Crippen molar-refractivity contribution in [1.82, 2.24) is 10.2 Å². The molecule has 5 nitrogen and oxygen atoms in total. The number of hydrogen-bond donors (Lipinski definition) is 2. The Balaban J connectivity index is 1.98. The van der Waals surface area contributed by atoms with Crippen LogP contribution in [0.4, 0.5) is 18.0 Å². The fourth-order valence-electron chi connectivity index (χ4n) is 3.05. The number of nitrogens with zero attached hydrogens (tertiary/aromatic N) is 1. The lowest BCUT2D eigenvalue weighted by Gasteiger charge is -2.27. The first kappa shape index (κ1) is 20.5. The zero-order valence-electron chi connectivity index (χ0n) is 15.3. The number of benzene rings is 1. The number of rotatable bonds is 4. The van der Waals surface area contributed by atoms with E-state index in [4.69, 9.17) is 10.5 Å². The number of likely N-dealkylation sites (tertiary alicyclic amines) is 1. The van der Waals surface area contributed by atoms with Gasteiger partial charge in [0.05, 0.1) is 5.56 Å². The highest BCUT2D eigenvalue weighted by atomic mass is 19.4. The molecular weight excluding hydrogens is 347 g/mol. The number of amides is 1. The van der Waals surface area contributed by atoms with Gasteiger partial charge in [-0.15, -0.1) is 0 Å². The molecule has 146 valence electrons. The maximum atomic E-state index is 12.7. The molecule has 0 saturated carbocycles. The van der Waals surface area contributed by atoms with Gasteiger partial charge in [0.25, 0.3) is 0 Å². The second-order valence-electron chi connectivity index (χ2n) is 7.50. The Morgan fingerprint density at radius 1 is 1.31 bits per heavy atom. The van der Waals surface area contributed by atoms with Crippen LogP contribution in [-0.2, 0) is 10.9 Å². The average molecular weight is 373 g/mol. The van der Waals surface area contributed by atoms with Crippen LogP contribution in [0.1, 0.15) is 44.4 Å². The van der Waals surface area contributed by atoms with Crippen molar-refractivity contribution in [2.45, 2.75) is 51.1 Å². The lowest BCUT2D eigenvalue weighted by molar-refractivity contribution is -0.137. The number of carbonyl (C=O) groups excluding carboxylic acids is 1. The Hall–Kier alpha value is -1.80. The predicted molar refractivity (Wildman–Crippen MR) is 92.6 cm³/mol. The molecule has 1 saturated heterocycles. The molecule has 0 radical (unpaired) electrons. The minimum Gasteiger partial charge on any atom is -0.444 e.